The Morgan fingerprint density at radius 1 is 1.28 bits per heavy atom. The van der Waals surface area contributed by atoms with Crippen molar-refractivity contribution in [2.45, 2.75) is 31.3 Å². The average molecular weight is 410 g/mol. The number of allylic oxidation sites excluding steroid dienone is 1. The van der Waals surface area contributed by atoms with Crippen LogP contribution in [0.4, 0.5) is 5.69 Å². The molecular formula is C18H17Cl2N3S2. The zero-order valence-corrected chi connectivity index (χ0v) is 16.5. The van der Waals surface area contributed by atoms with Gasteiger partial charge in [0.15, 0.2) is 0 Å². The number of nitrogens with one attached hydrogen (secondary N) is 1. The lowest BCUT2D eigenvalue weighted by Gasteiger charge is -2.24. The lowest BCUT2D eigenvalue weighted by molar-refractivity contribution is 0.528. The molecule has 7 heteroatoms. The van der Waals surface area contributed by atoms with Gasteiger partial charge < -0.3 is 11.1 Å². The van der Waals surface area contributed by atoms with Gasteiger partial charge in [0.05, 0.1) is 15.4 Å². The second-order valence-electron chi connectivity index (χ2n) is 6.10. The summed E-state index contributed by atoms with van der Waals surface area (Å²) in [7, 11) is 0. The number of nitrogens with two attached hydrogens (primary N) is 1. The van der Waals surface area contributed by atoms with Crippen LogP contribution in [0.5, 0.6) is 0 Å². The van der Waals surface area contributed by atoms with E-state index >= 15 is 0 Å². The molecule has 3 N–H and O–H groups in total. The van der Waals surface area contributed by atoms with Crippen LogP contribution in [-0.2, 0) is 6.54 Å². The van der Waals surface area contributed by atoms with E-state index in [-0.39, 0.29) is 12.0 Å². The van der Waals surface area contributed by atoms with E-state index in [0.29, 0.717) is 10.2 Å². The van der Waals surface area contributed by atoms with Gasteiger partial charge in [-0.25, -0.2) is 4.98 Å². The maximum atomic E-state index is 6.68. The summed E-state index contributed by atoms with van der Waals surface area (Å²) in [5, 5.41) is 6.69. The molecule has 0 radical (unpaired) electrons. The molecule has 0 aliphatic heterocycles. The summed E-state index contributed by atoms with van der Waals surface area (Å²) in [5.74, 6) is 0.237. The summed E-state index contributed by atoms with van der Waals surface area (Å²) in [5.41, 5.74) is 8.07. The van der Waals surface area contributed by atoms with Crippen LogP contribution in [0.3, 0.4) is 0 Å². The second-order valence-corrected chi connectivity index (χ2v) is 8.95. The third-order valence-electron chi connectivity index (χ3n) is 4.43. The molecule has 0 bridgehead atoms. The highest BCUT2D eigenvalue weighted by atomic mass is 35.5. The summed E-state index contributed by atoms with van der Waals surface area (Å²) >= 11 is 16.3. The maximum absolute atomic E-state index is 6.68. The van der Waals surface area contributed by atoms with Crippen molar-refractivity contribution >= 4 is 61.8 Å². The van der Waals surface area contributed by atoms with Crippen LogP contribution in [0.1, 0.15) is 28.5 Å². The quantitative estimate of drug-likeness (QED) is 0.407. The van der Waals surface area contributed by atoms with Gasteiger partial charge in [-0.15, -0.1) is 22.7 Å². The van der Waals surface area contributed by atoms with E-state index in [9.17, 15) is 0 Å². The summed E-state index contributed by atoms with van der Waals surface area (Å²) in [4.78, 5) is 6.85. The third kappa shape index (κ3) is 3.44. The van der Waals surface area contributed by atoms with Crippen LogP contribution < -0.4 is 11.1 Å². The van der Waals surface area contributed by atoms with Crippen molar-refractivity contribution in [3.05, 3.63) is 55.7 Å². The number of anilines is 1. The Bertz CT molecular complexity index is 918. The Balaban J connectivity index is 1.73. The fraction of sp³-hybridized carbons (Fsp3) is 0.278. The minimum atomic E-state index is 0.0913. The molecule has 3 heterocycles. The predicted octanol–water partition coefficient (Wildman–Crippen LogP) is 6.04. The zero-order valence-electron chi connectivity index (χ0n) is 13.3. The van der Waals surface area contributed by atoms with Crippen molar-refractivity contribution in [3.8, 4) is 0 Å². The number of nitrogens with zero attached hydrogens (tertiary/aromatic N) is 1. The van der Waals surface area contributed by atoms with Gasteiger partial charge in [0.25, 0.3) is 0 Å². The Labute approximate surface area is 164 Å². The van der Waals surface area contributed by atoms with Gasteiger partial charge in [-0.05, 0) is 24.3 Å². The monoisotopic (exact) mass is 409 g/mol. The number of halogens is 2. The highest BCUT2D eigenvalue weighted by Gasteiger charge is 2.27. The molecule has 25 heavy (non-hydrogen) atoms. The van der Waals surface area contributed by atoms with Crippen LogP contribution in [0.25, 0.3) is 10.2 Å². The van der Waals surface area contributed by atoms with Crippen LogP contribution in [0, 0.1) is 0 Å². The molecule has 0 fully saturated rings. The first-order chi connectivity index (χ1) is 12.1. The van der Waals surface area contributed by atoms with Gasteiger partial charge >= 0.3 is 0 Å². The van der Waals surface area contributed by atoms with Crippen LogP contribution in [-0.4, -0.2) is 11.0 Å². The Morgan fingerprint density at radius 3 is 2.88 bits per heavy atom. The Hall–Kier alpha value is -1.11. The number of hydrogen-bond donors (Lipinski definition) is 2. The number of aromatic nitrogens is 1. The largest absolute Gasteiger partial charge is 0.379 e. The molecular weight excluding hydrogens is 393 g/mol. The van der Waals surface area contributed by atoms with E-state index in [0.717, 1.165) is 40.2 Å². The first-order valence-corrected chi connectivity index (χ1v) is 10.5. The lowest BCUT2D eigenvalue weighted by Crippen LogP contribution is -2.29. The van der Waals surface area contributed by atoms with Gasteiger partial charge in [0.1, 0.15) is 10.7 Å². The molecule has 1 aliphatic rings. The van der Waals surface area contributed by atoms with Crippen molar-refractivity contribution in [1.82, 2.24) is 4.98 Å². The number of fused-ring (bicyclic) bond motifs is 1. The van der Waals surface area contributed by atoms with Crippen molar-refractivity contribution in [2.24, 2.45) is 5.73 Å². The smallest absolute Gasteiger partial charge is 0.131 e. The molecule has 0 saturated carbocycles. The average Bonchev–Trinajstić information content (AvgIpc) is 3.22. The van der Waals surface area contributed by atoms with Crippen molar-refractivity contribution in [1.29, 1.82) is 0 Å². The maximum Gasteiger partial charge on any atom is 0.131 e. The molecule has 130 valence electrons. The normalized spacial score (nSPS) is 20.3. The van der Waals surface area contributed by atoms with Crippen molar-refractivity contribution < 1.29 is 0 Å². The minimum Gasteiger partial charge on any atom is -0.379 e. The fourth-order valence-corrected chi connectivity index (χ4v) is 5.73. The van der Waals surface area contributed by atoms with Crippen LogP contribution in [0.2, 0.25) is 10.2 Å². The minimum absolute atomic E-state index is 0.0913. The van der Waals surface area contributed by atoms with Gasteiger partial charge in [-0.2, -0.15) is 0 Å². The van der Waals surface area contributed by atoms with Gasteiger partial charge in [-0.1, -0.05) is 41.4 Å². The first-order valence-electron chi connectivity index (χ1n) is 8.08. The lowest BCUT2D eigenvalue weighted by atomic mass is 9.88. The number of hydrogen-bond acceptors (Lipinski definition) is 5. The standard InChI is InChI=1S/C18H17Cl2N3S2/c19-14-8-13(22-9-10-4-3-7-24-10)18-16(23-14)15(20)17(25-18)11-5-1-2-6-12(11)21/h1-4,7-8,11-12H,5-6,9,21H2,(H,22,23)/t11-,12-/m0/s1. The summed E-state index contributed by atoms with van der Waals surface area (Å²) in [6.07, 6.45) is 6.13. The second kappa shape index (κ2) is 7.25. The SMILES string of the molecule is N[C@H]1CC=CC[C@@H]1c1sc2c(NCc3cccs3)cc(Cl)nc2c1Cl. The molecule has 2 atom stereocenters. The number of rotatable bonds is 4. The molecule has 0 saturated heterocycles. The highest BCUT2D eigenvalue weighted by Crippen LogP contribution is 2.45. The van der Waals surface area contributed by atoms with E-state index in [4.69, 9.17) is 28.9 Å². The van der Waals surface area contributed by atoms with Gasteiger partial charge in [0.2, 0.25) is 0 Å². The van der Waals surface area contributed by atoms with Crippen molar-refractivity contribution in [2.75, 3.05) is 5.32 Å². The topological polar surface area (TPSA) is 50.9 Å². The van der Waals surface area contributed by atoms with E-state index in [2.05, 4.69) is 40.0 Å². The van der Waals surface area contributed by atoms with Crippen molar-refractivity contribution in [3.63, 3.8) is 0 Å². The van der Waals surface area contributed by atoms with E-state index in [1.807, 2.05) is 6.07 Å². The predicted molar refractivity (Wildman–Crippen MR) is 110 cm³/mol. The molecule has 0 spiro atoms. The highest BCUT2D eigenvalue weighted by molar-refractivity contribution is 7.20. The van der Waals surface area contributed by atoms with Crippen LogP contribution in [0.15, 0.2) is 35.7 Å². The first kappa shape index (κ1) is 17.3. The van der Waals surface area contributed by atoms with E-state index in [1.54, 1.807) is 22.7 Å². The summed E-state index contributed by atoms with van der Waals surface area (Å²) in [6, 6.07) is 6.12. The van der Waals surface area contributed by atoms with Crippen LogP contribution >= 0.6 is 45.9 Å². The summed E-state index contributed by atoms with van der Waals surface area (Å²) in [6.45, 7) is 0.754. The Kier molecular flexibility index (Phi) is 5.02. The zero-order chi connectivity index (χ0) is 17.4. The Morgan fingerprint density at radius 2 is 2.12 bits per heavy atom. The molecule has 0 aromatic carbocycles. The fourth-order valence-electron chi connectivity index (χ4n) is 3.13. The molecule has 3 aromatic rings. The number of pyridine rings is 1. The summed E-state index contributed by atoms with van der Waals surface area (Å²) < 4.78 is 1.04. The van der Waals surface area contributed by atoms with Gasteiger partial charge in [0, 0.05) is 34.3 Å². The number of thiophene rings is 2. The molecule has 3 nitrogen and oxygen atoms in total. The molecule has 4 rings (SSSR count). The molecule has 0 amide bonds. The van der Waals surface area contributed by atoms with E-state index in [1.165, 1.54) is 4.88 Å². The third-order valence-corrected chi connectivity index (χ3v) is 7.34. The van der Waals surface area contributed by atoms with Gasteiger partial charge in [-0.3, -0.25) is 0 Å². The molecule has 1 aliphatic carbocycles. The molecule has 0 unspecified atom stereocenters. The molecule has 3 aromatic heterocycles. The van der Waals surface area contributed by atoms with E-state index < -0.39 is 0 Å².